The fourth-order valence-corrected chi connectivity index (χ4v) is 1.53. The van der Waals surface area contributed by atoms with Crippen molar-refractivity contribution in [3.05, 3.63) is 34.1 Å². The number of carbonyl (C=O) groups excluding carboxylic acids is 2. The van der Waals surface area contributed by atoms with E-state index in [0.29, 0.717) is 0 Å². The summed E-state index contributed by atoms with van der Waals surface area (Å²) in [6.45, 7) is -0.173. The number of nitrogens with two attached hydrogens (primary N) is 1. The third kappa shape index (κ3) is 3.03. The summed E-state index contributed by atoms with van der Waals surface area (Å²) < 4.78 is 13.1. The lowest BCUT2D eigenvalue weighted by molar-refractivity contribution is -0.118. The lowest BCUT2D eigenvalue weighted by Gasteiger charge is -2.15. The second kappa shape index (κ2) is 5.07. The van der Waals surface area contributed by atoms with E-state index in [1.54, 1.807) is 0 Å². The summed E-state index contributed by atoms with van der Waals surface area (Å²) >= 11 is 2.98. The van der Waals surface area contributed by atoms with Crippen molar-refractivity contribution in [3.8, 4) is 0 Å². The number of likely N-dealkylation sites (N-methyl/N-ethyl adjacent to an activating group) is 1. The molecule has 0 spiro atoms. The van der Waals surface area contributed by atoms with Gasteiger partial charge in [-0.25, -0.2) is 4.39 Å². The van der Waals surface area contributed by atoms with Gasteiger partial charge in [0.2, 0.25) is 5.91 Å². The van der Waals surface area contributed by atoms with Crippen LogP contribution in [-0.2, 0) is 4.79 Å². The molecule has 6 heteroatoms. The molecular weight excluding hydrogens is 279 g/mol. The van der Waals surface area contributed by atoms with Crippen LogP contribution in [0.5, 0.6) is 0 Å². The summed E-state index contributed by atoms with van der Waals surface area (Å²) in [5, 5.41) is 0. The molecule has 1 aromatic rings. The average Bonchev–Trinajstić information content (AvgIpc) is 2.20. The number of primary amides is 1. The molecule has 2 amide bonds. The number of benzene rings is 1. The fourth-order valence-electron chi connectivity index (χ4n) is 1.16. The predicted octanol–water partition coefficient (Wildman–Crippen LogP) is 1.15. The Balaban J connectivity index is 2.88. The van der Waals surface area contributed by atoms with Crippen molar-refractivity contribution >= 4 is 27.7 Å². The van der Waals surface area contributed by atoms with Crippen LogP contribution in [0, 0.1) is 5.82 Å². The molecule has 0 aliphatic heterocycles. The molecule has 0 bridgehead atoms. The first-order valence-corrected chi connectivity index (χ1v) is 5.20. The van der Waals surface area contributed by atoms with Crippen molar-refractivity contribution in [2.24, 2.45) is 5.73 Å². The van der Waals surface area contributed by atoms with Gasteiger partial charge in [-0.15, -0.1) is 0 Å². The number of halogens is 2. The molecule has 0 aliphatic carbocycles. The van der Waals surface area contributed by atoms with Gasteiger partial charge in [0.25, 0.3) is 5.91 Å². The highest BCUT2D eigenvalue weighted by atomic mass is 79.9. The van der Waals surface area contributed by atoms with Gasteiger partial charge in [-0.2, -0.15) is 0 Å². The van der Waals surface area contributed by atoms with Crippen molar-refractivity contribution in [2.45, 2.75) is 0 Å². The molecular formula is C10H10BrFN2O2. The Bertz CT molecular complexity index is 437. The van der Waals surface area contributed by atoms with Crippen LogP contribution in [0.25, 0.3) is 0 Å². The Labute approximate surface area is 100 Å². The second-order valence-electron chi connectivity index (χ2n) is 3.26. The monoisotopic (exact) mass is 288 g/mol. The molecule has 0 atom stereocenters. The maximum atomic E-state index is 12.9. The number of hydrogen-bond donors (Lipinski definition) is 1. The molecule has 4 nitrogen and oxygen atoms in total. The Morgan fingerprint density at radius 1 is 1.50 bits per heavy atom. The van der Waals surface area contributed by atoms with E-state index in [4.69, 9.17) is 5.73 Å². The van der Waals surface area contributed by atoms with Crippen LogP contribution < -0.4 is 5.73 Å². The summed E-state index contributed by atoms with van der Waals surface area (Å²) in [6, 6.07) is 3.88. The summed E-state index contributed by atoms with van der Waals surface area (Å²) in [4.78, 5) is 23.5. The molecule has 0 heterocycles. The van der Waals surface area contributed by atoms with Crippen LogP contribution >= 0.6 is 15.9 Å². The molecule has 86 valence electrons. The molecule has 16 heavy (non-hydrogen) atoms. The topological polar surface area (TPSA) is 63.4 Å². The van der Waals surface area contributed by atoms with Gasteiger partial charge in [0.15, 0.2) is 0 Å². The summed E-state index contributed by atoms with van der Waals surface area (Å²) in [7, 11) is 1.45. The minimum absolute atomic E-state index is 0.173. The molecule has 0 saturated carbocycles. The van der Waals surface area contributed by atoms with E-state index >= 15 is 0 Å². The molecule has 0 fully saturated rings. The Morgan fingerprint density at radius 3 is 2.62 bits per heavy atom. The SMILES string of the molecule is CN(CC(N)=O)C(=O)c1ccc(F)c(Br)c1. The van der Waals surface area contributed by atoms with Crippen LogP contribution in [0.1, 0.15) is 10.4 Å². The van der Waals surface area contributed by atoms with Gasteiger partial charge in [-0.1, -0.05) is 0 Å². The zero-order valence-corrected chi connectivity index (χ0v) is 10.1. The van der Waals surface area contributed by atoms with E-state index in [-0.39, 0.29) is 22.5 Å². The first-order chi connectivity index (χ1) is 7.41. The summed E-state index contributed by atoms with van der Waals surface area (Å²) in [5.74, 6) is -1.44. The summed E-state index contributed by atoms with van der Waals surface area (Å²) in [6.07, 6.45) is 0. The predicted molar refractivity (Wildman–Crippen MR) is 60.3 cm³/mol. The highest BCUT2D eigenvalue weighted by Gasteiger charge is 2.14. The van der Waals surface area contributed by atoms with Crippen LogP contribution in [0.15, 0.2) is 22.7 Å². The van der Waals surface area contributed by atoms with Crippen LogP contribution in [-0.4, -0.2) is 30.3 Å². The molecule has 0 unspecified atom stereocenters. The lowest BCUT2D eigenvalue weighted by Crippen LogP contribution is -2.35. The molecule has 0 saturated heterocycles. The molecule has 2 N–H and O–H groups in total. The van der Waals surface area contributed by atoms with Crippen LogP contribution in [0.2, 0.25) is 0 Å². The number of rotatable bonds is 3. The van der Waals surface area contributed by atoms with Crippen molar-refractivity contribution in [2.75, 3.05) is 13.6 Å². The number of nitrogens with zero attached hydrogens (tertiary/aromatic N) is 1. The highest BCUT2D eigenvalue weighted by molar-refractivity contribution is 9.10. The van der Waals surface area contributed by atoms with Gasteiger partial charge in [-0.05, 0) is 34.1 Å². The smallest absolute Gasteiger partial charge is 0.254 e. The maximum absolute atomic E-state index is 12.9. The number of amides is 2. The minimum Gasteiger partial charge on any atom is -0.368 e. The second-order valence-corrected chi connectivity index (χ2v) is 4.11. The van der Waals surface area contributed by atoms with Gasteiger partial charge >= 0.3 is 0 Å². The first kappa shape index (κ1) is 12.6. The van der Waals surface area contributed by atoms with Gasteiger partial charge in [-0.3, -0.25) is 9.59 Å². The Morgan fingerprint density at radius 2 is 2.12 bits per heavy atom. The normalized spacial score (nSPS) is 9.94. The maximum Gasteiger partial charge on any atom is 0.254 e. The minimum atomic E-state index is -0.600. The molecule has 1 rings (SSSR count). The molecule has 0 radical (unpaired) electrons. The molecule has 0 aromatic heterocycles. The van der Waals surface area contributed by atoms with E-state index < -0.39 is 11.7 Å². The standard InChI is InChI=1S/C10H10BrFN2O2/c1-14(5-9(13)15)10(16)6-2-3-8(12)7(11)4-6/h2-4H,5H2,1H3,(H2,13,15). The van der Waals surface area contributed by atoms with Gasteiger partial charge in [0.1, 0.15) is 5.82 Å². The van der Waals surface area contributed by atoms with Crippen LogP contribution in [0.3, 0.4) is 0 Å². The molecule has 0 aliphatic rings. The van der Waals surface area contributed by atoms with Crippen molar-refractivity contribution in [1.29, 1.82) is 0 Å². The average molecular weight is 289 g/mol. The number of carbonyl (C=O) groups is 2. The first-order valence-electron chi connectivity index (χ1n) is 4.40. The van der Waals surface area contributed by atoms with Gasteiger partial charge in [0.05, 0.1) is 11.0 Å². The molecule has 1 aromatic carbocycles. The highest BCUT2D eigenvalue weighted by Crippen LogP contribution is 2.17. The lowest BCUT2D eigenvalue weighted by atomic mass is 10.2. The van der Waals surface area contributed by atoms with E-state index in [1.807, 2.05) is 0 Å². The third-order valence-electron chi connectivity index (χ3n) is 1.91. The zero-order valence-electron chi connectivity index (χ0n) is 8.54. The van der Waals surface area contributed by atoms with Gasteiger partial charge in [0, 0.05) is 12.6 Å². The zero-order chi connectivity index (χ0) is 12.3. The van der Waals surface area contributed by atoms with Crippen molar-refractivity contribution in [3.63, 3.8) is 0 Å². The Hall–Kier alpha value is -1.43. The van der Waals surface area contributed by atoms with E-state index in [1.165, 1.54) is 30.1 Å². The Kier molecular flexibility index (Phi) is 4.00. The third-order valence-corrected chi connectivity index (χ3v) is 2.51. The summed E-state index contributed by atoms with van der Waals surface area (Å²) in [5.41, 5.74) is 5.25. The van der Waals surface area contributed by atoms with Crippen molar-refractivity contribution in [1.82, 2.24) is 4.90 Å². The fraction of sp³-hybridized carbons (Fsp3) is 0.200. The van der Waals surface area contributed by atoms with Gasteiger partial charge < -0.3 is 10.6 Å². The number of hydrogen-bond acceptors (Lipinski definition) is 2. The van der Waals surface area contributed by atoms with E-state index in [2.05, 4.69) is 15.9 Å². The van der Waals surface area contributed by atoms with Crippen molar-refractivity contribution < 1.29 is 14.0 Å². The van der Waals surface area contributed by atoms with Crippen LogP contribution in [0.4, 0.5) is 4.39 Å². The van der Waals surface area contributed by atoms with E-state index in [0.717, 1.165) is 0 Å². The largest absolute Gasteiger partial charge is 0.368 e. The quantitative estimate of drug-likeness (QED) is 0.907. The van der Waals surface area contributed by atoms with E-state index in [9.17, 15) is 14.0 Å².